The van der Waals surface area contributed by atoms with E-state index in [9.17, 15) is 4.79 Å². The normalized spacial score (nSPS) is 11.4. The summed E-state index contributed by atoms with van der Waals surface area (Å²) in [6.45, 7) is 8.30. The van der Waals surface area contributed by atoms with Crippen LogP contribution in [-0.4, -0.2) is 25.7 Å². The molecule has 0 aliphatic carbocycles. The van der Waals surface area contributed by atoms with Crippen LogP contribution in [0, 0.1) is 0 Å². The average molecular weight is 322 g/mol. The van der Waals surface area contributed by atoms with Gasteiger partial charge in [-0.2, -0.15) is 0 Å². The minimum absolute atomic E-state index is 0.337. The Hall–Kier alpha value is -1.29. The topological polar surface area (TPSA) is 49.3 Å². The Labute approximate surface area is 136 Å². The van der Waals surface area contributed by atoms with Crippen LogP contribution in [0.3, 0.4) is 0 Å². The minimum atomic E-state index is -0.874. The standard InChI is InChI=1S/C18H31NO2Si/c1-22(2,3)15-9-7-5-4-6-8-14-19-17-12-10-16(11-13-17)18(20)21/h10-13,19H,4-9,14-15H2,1-3H3,(H,20,21). The van der Waals surface area contributed by atoms with Gasteiger partial charge in [0.15, 0.2) is 0 Å². The van der Waals surface area contributed by atoms with Crippen molar-refractivity contribution >= 4 is 19.7 Å². The van der Waals surface area contributed by atoms with Gasteiger partial charge in [-0.25, -0.2) is 4.79 Å². The summed E-state index contributed by atoms with van der Waals surface area (Å²) in [5.41, 5.74) is 1.34. The van der Waals surface area contributed by atoms with Crippen LogP contribution in [0.25, 0.3) is 0 Å². The van der Waals surface area contributed by atoms with Crippen LogP contribution in [0.4, 0.5) is 5.69 Å². The van der Waals surface area contributed by atoms with Gasteiger partial charge >= 0.3 is 5.97 Å². The number of aromatic carboxylic acids is 1. The number of carbonyl (C=O) groups is 1. The quantitative estimate of drug-likeness (QED) is 0.419. The van der Waals surface area contributed by atoms with E-state index in [0.29, 0.717) is 5.56 Å². The van der Waals surface area contributed by atoms with Crippen LogP contribution in [0.15, 0.2) is 24.3 Å². The van der Waals surface area contributed by atoms with Crippen LogP contribution in [0.2, 0.25) is 25.7 Å². The first kappa shape index (κ1) is 18.8. The molecular formula is C18H31NO2Si. The fourth-order valence-electron chi connectivity index (χ4n) is 2.45. The summed E-state index contributed by atoms with van der Waals surface area (Å²) >= 11 is 0. The number of carboxylic acids is 1. The first-order valence-corrected chi connectivity index (χ1v) is 12.2. The van der Waals surface area contributed by atoms with Gasteiger partial charge in [0.2, 0.25) is 0 Å². The molecule has 2 N–H and O–H groups in total. The zero-order valence-corrected chi connectivity index (χ0v) is 15.3. The SMILES string of the molecule is C[Si](C)(C)CCCCCCCCNc1ccc(C(=O)O)cc1. The molecule has 1 aromatic rings. The number of anilines is 1. The van der Waals surface area contributed by atoms with Gasteiger partial charge in [-0.05, 0) is 30.7 Å². The molecule has 0 bridgehead atoms. The highest BCUT2D eigenvalue weighted by Gasteiger charge is 2.11. The number of nitrogens with one attached hydrogen (secondary N) is 1. The Kier molecular flexibility index (Phi) is 8.24. The number of carboxylic acid groups (broad SMARTS) is 1. The molecule has 22 heavy (non-hydrogen) atoms. The Bertz CT molecular complexity index is 437. The van der Waals surface area contributed by atoms with E-state index in [1.54, 1.807) is 12.1 Å². The van der Waals surface area contributed by atoms with E-state index >= 15 is 0 Å². The van der Waals surface area contributed by atoms with Crippen molar-refractivity contribution in [3.63, 3.8) is 0 Å². The molecule has 3 nitrogen and oxygen atoms in total. The van der Waals surface area contributed by atoms with Crippen molar-refractivity contribution in [1.82, 2.24) is 0 Å². The predicted molar refractivity (Wildman–Crippen MR) is 97.7 cm³/mol. The average Bonchev–Trinajstić information content (AvgIpc) is 2.45. The van der Waals surface area contributed by atoms with E-state index in [4.69, 9.17) is 5.11 Å². The molecule has 4 heteroatoms. The van der Waals surface area contributed by atoms with Crippen molar-refractivity contribution < 1.29 is 9.90 Å². The Morgan fingerprint density at radius 3 is 2.05 bits per heavy atom. The monoisotopic (exact) mass is 321 g/mol. The van der Waals surface area contributed by atoms with E-state index in [2.05, 4.69) is 25.0 Å². The summed E-state index contributed by atoms with van der Waals surface area (Å²) < 4.78 is 0. The summed E-state index contributed by atoms with van der Waals surface area (Å²) in [5.74, 6) is -0.874. The summed E-state index contributed by atoms with van der Waals surface area (Å²) in [6, 6.07) is 8.41. The third-order valence-corrected chi connectivity index (χ3v) is 5.67. The van der Waals surface area contributed by atoms with E-state index in [1.165, 1.54) is 44.6 Å². The van der Waals surface area contributed by atoms with E-state index in [-0.39, 0.29) is 0 Å². The van der Waals surface area contributed by atoms with Crippen LogP contribution in [-0.2, 0) is 0 Å². The van der Waals surface area contributed by atoms with Crippen LogP contribution >= 0.6 is 0 Å². The molecule has 1 rings (SSSR count). The van der Waals surface area contributed by atoms with Crippen molar-refractivity contribution in [1.29, 1.82) is 0 Å². The van der Waals surface area contributed by atoms with E-state index in [0.717, 1.165) is 12.2 Å². The molecule has 0 radical (unpaired) electrons. The Morgan fingerprint density at radius 1 is 0.955 bits per heavy atom. The second-order valence-corrected chi connectivity index (χ2v) is 12.9. The molecule has 0 atom stereocenters. The molecule has 124 valence electrons. The molecule has 0 saturated heterocycles. The lowest BCUT2D eigenvalue weighted by atomic mass is 10.1. The number of unbranched alkanes of at least 4 members (excludes halogenated alkanes) is 5. The van der Waals surface area contributed by atoms with Gasteiger partial charge in [0.25, 0.3) is 0 Å². The highest BCUT2D eigenvalue weighted by molar-refractivity contribution is 6.76. The molecule has 0 spiro atoms. The molecule has 0 fully saturated rings. The summed E-state index contributed by atoms with van der Waals surface area (Å²) in [4.78, 5) is 10.8. The van der Waals surface area contributed by atoms with Gasteiger partial charge in [-0.15, -0.1) is 0 Å². The van der Waals surface area contributed by atoms with Crippen molar-refractivity contribution in [3.05, 3.63) is 29.8 Å². The lowest BCUT2D eigenvalue weighted by Crippen LogP contribution is -2.18. The third-order valence-electron chi connectivity index (χ3n) is 3.81. The molecule has 0 amide bonds. The molecule has 1 aromatic carbocycles. The van der Waals surface area contributed by atoms with Gasteiger partial charge in [0.1, 0.15) is 0 Å². The minimum Gasteiger partial charge on any atom is -0.478 e. The molecule has 0 unspecified atom stereocenters. The maximum absolute atomic E-state index is 10.8. The highest BCUT2D eigenvalue weighted by Crippen LogP contribution is 2.15. The van der Waals surface area contributed by atoms with Gasteiger partial charge in [0, 0.05) is 20.3 Å². The number of rotatable bonds is 11. The number of hydrogen-bond acceptors (Lipinski definition) is 2. The van der Waals surface area contributed by atoms with Crippen LogP contribution < -0.4 is 5.32 Å². The molecule has 0 aliphatic heterocycles. The molecule has 0 aromatic heterocycles. The zero-order valence-electron chi connectivity index (χ0n) is 14.3. The molecule has 0 heterocycles. The smallest absolute Gasteiger partial charge is 0.335 e. The van der Waals surface area contributed by atoms with Gasteiger partial charge in [-0.1, -0.05) is 57.8 Å². The lowest BCUT2D eigenvalue weighted by molar-refractivity contribution is 0.0697. The summed E-state index contributed by atoms with van der Waals surface area (Å²) in [7, 11) is -0.834. The lowest BCUT2D eigenvalue weighted by Gasteiger charge is -2.14. The third kappa shape index (κ3) is 8.88. The van der Waals surface area contributed by atoms with Crippen LogP contribution in [0.5, 0.6) is 0 Å². The second-order valence-electron chi connectivity index (χ2n) is 7.24. The molecular weight excluding hydrogens is 290 g/mol. The first-order chi connectivity index (χ1) is 10.4. The van der Waals surface area contributed by atoms with Crippen LogP contribution in [0.1, 0.15) is 48.9 Å². The van der Waals surface area contributed by atoms with E-state index in [1.807, 2.05) is 12.1 Å². The second kappa shape index (κ2) is 9.67. The maximum Gasteiger partial charge on any atom is 0.335 e. The zero-order chi connectivity index (χ0) is 16.4. The number of benzene rings is 1. The van der Waals surface area contributed by atoms with Crippen molar-refractivity contribution in [3.8, 4) is 0 Å². The maximum atomic E-state index is 10.8. The summed E-state index contributed by atoms with van der Waals surface area (Å²) in [5, 5.41) is 12.2. The van der Waals surface area contributed by atoms with Crippen molar-refractivity contribution in [2.75, 3.05) is 11.9 Å². The van der Waals surface area contributed by atoms with Crippen molar-refractivity contribution in [2.45, 2.75) is 64.2 Å². The summed E-state index contributed by atoms with van der Waals surface area (Å²) in [6.07, 6.45) is 7.92. The Balaban J connectivity index is 2.00. The van der Waals surface area contributed by atoms with Gasteiger partial charge < -0.3 is 10.4 Å². The fourth-order valence-corrected chi connectivity index (χ4v) is 3.76. The fraction of sp³-hybridized carbons (Fsp3) is 0.611. The van der Waals surface area contributed by atoms with Crippen molar-refractivity contribution in [2.24, 2.45) is 0 Å². The molecule has 0 aliphatic rings. The predicted octanol–water partition coefficient (Wildman–Crippen LogP) is 5.48. The highest BCUT2D eigenvalue weighted by atomic mass is 28.3. The Morgan fingerprint density at radius 2 is 1.50 bits per heavy atom. The largest absolute Gasteiger partial charge is 0.478 e. The first-order valence-electron chi connectivity index (χ1n) is 8.46. The van der Waals surface area contributed by atoms with E-state index < -0.39 is 14.0 Å². The van der Waals surface area contributed by atoms with Gasteiger partial charge in [0.05, 0.1) is 5.56 Å². The molecule has 0 saturated carbocycles. The van der Waals surface area contributed by atoms with Gasteiger partial charge in [-0.3, -0.25) is 0 Å². The number of hydrogen-bond donors (Lipinski definition) is 2.